The highest BCUT2D eigenvalue weighted by atomic mass is 32.1. The molecule has 2 aromatic carbocycles. The number of esters is 1. The molecule has 0 aliphatic rings. The summed E-state index contributed by atoms with van der Waals surface area (Å²) in [6.45, 7) is -0.0607. The number of carbonyl (C=O) groups is 1. The average molecular weight is 473 g/mol. The van der Waals surface area contributed by atoms with Gasteiger partial charge in [0.25, 0.3) is 0 Å². The molecule has 0 spiro atoms. The molecular weight excluding hydrogens is 457 g/mol. The van der Waals surface area contributed by atoms with Crippen LogP contribution in [-0.4, -0.2) is 31.2 Å². The largest absolute Gasteiger partial charge is 0.465 e. The van der Waals surface area contributed by atoms with E-state index in [-0.39, 0.29) is 18.1 Å². The fourth-order valence-electron chi connectivity index (χ4n) is 3.14. The minimum absolute atomic E-state index is 0.0607. The van der Waals surface area contributed by atoms with Gasteiger partial charge in [-0.2, -0.15) is 4.68 Å². The molecule has 0 aliphatic carbocycles. The first-order valence-electron chi connectivity index (χ1n) is 10.1. The number of aromatic nitrogens is 5. The highest BCUT2D eigenvalue weighted by Crippen LogP contribution is 2.25. The molecule has 3 heterocycles. The Hall–Kier alpha value is -4.44. The Morgan fingerprint density at radius 3 is 2.65 bits per heavy atom. The number of ether oxygens (including phenoxy) is 1. The lowest BCUT2D eigenvalue weighted by Gasteiger charge is -2.09. The van der Waals surface area contributed by atoms with Crippen LogP contribution in [0.4, 0.5) is 4.39 Å². The molecule has 0 N–H and O–H groups in total. The van der Waals surface area contributed by atoms with Crippen LogP contribution in [0.3, 0.4) is 0 Å². The third kappa shape index (κ3) is 4.66. The number of nitrogens with zero attached hydrogens (tertiary/aromatic N) is 5. The normalized spacial score (nSPS) is 11.5. The Bertz CT molecular complexity index is 1430. The number of rotatable bonds is 7. The summed E-state index contributed by atoms with van der Waals surface area (Å²) < 4.78 is 25.4. The van der Waals surface area contributed by atoms with E-state index in [0.29, 0.717) is 22.3 Å². The lowest BCUT2D eigenvalue weighted by molar-refractivity contribution is -0.138. The Morgan fingerprint density at radius 2 is 1.88 bits per heavy atom. The van der Waals surface area contributed by atoms with E-state index in [9.17, 15) is 9.18 Å². The Morgan fingerprint density at radius 1 is 1.06 bits per heavy atom. The molecule has 34 heavy (non-hydrogen) atoms. The maximum absolute atomic E-state index is 13.2. The van der Waals surface area contributed by atoms with Crippen LogP contribution >= 0.6 is 11.3 Å². The van der Waals surface area contributed by atoms with Gasteiger partial charge in [-0.1, -0.05) is 30.3 Å². The van der Waals surface area contributed by atoms with E-state index < -0.39 is 5.97 Å². The molecule has 5 rings (SSSR count). The van der Waals surface area contributed by atoms with E-state index >= 15 is 0 Å². The Kier molecular flexibility index (Phi) is 6.04. The van der Waals surface area contributed by atoms with Crippen molar-refractivity contribution in [3.05, 3.63) is 95.6 Å². The first-order chi connectivity index (χ1) is 16.7. The van der Waals surface area contributed by atoms with E-state index in [2.05, 4.69) is 20.5 Å². The summed E-state index contributed by atoms with van der Waals surface area (Å²) >= 11 is 1.38. The van der Waals surface area contributed by atoms with Crippen molar-refractivity contribution in [1.29, 1.82) is 0 Å². The second-order valence-corrected chi connectivity index (χ2v) is 7.91. The summed E-state index contributed by atoms with van der Waals surface area (Å²) in [4.78, 5) is 17.6. The standard InChI is InChI=1S/C24H16FN5O3S/c25-18-10-8-17(9-11-18)23-26-19(15-34-23)14-33-24(31)21(13-20-7-4-12-32-20)30-22(27-28-29-30)16-5-2-1-3-6-16/h1-13,15H,14H2/b21-13+. The van der Waals surface area contributed by atoms with Crippen LogP contribution < -0.4 is 0 Å². The predicted molar refractivity (Wildman–Crippen MR) is 123 cm³/mol. The number of hydrogen-bond acceptors (Lipinski definition) is 8. The van der Waals surface area contributed by atoms with Gasteiger partial charge in [-0.25, -0.2) is 14.2 Å². The zero-order valence-corrected chi connectivity index (χ0v) is 18.4. The molecule has 0 aliphatic heterocycles. The van der Waals surface area contributed by atoms with Gasteiger partial charge in [0.05, 0.1) is 12.0 Å². The van der Waals surface area contributed by atoms with Crippen molar-refractivity contribution >= 4 is 29.1 Å². The van der Waals surface area contributed by atoms with Crippen molar-refractivity contribution in [3.8, 4) is 22.0 Å². The molecule has 8 nitrogen and oxygen atoms in total. The molecule has 0 unspecified atom stereocenters. The van der Waals surface area contributed by atoms with Crippen molar-refractivity contribution in [2.24, 2.45) is 0 Å². The lowest BCUT2D eigenvalue weighted by Crippen LogP contribution is -2.15. The summed E-state index contributed by atoms with van der Waals surface area (Å²) in [7, 11) is 0. The zero-order chi connectivity index (χ0) is 23.3. The summed E-state index contributed by atoms with van der Waals surface area (Å²) in [6.07, 6.45) is 3.01. The maximum atomic E-state index is 13.2. The van der Waals surface area contributed by atoms with Gasteiger partial charge in [0.1, 0.15) is 23.2 Å². The van der Waals surface area contributed by atoms with Crippen LogP contribution in [0.2, 0.25) is 0 Å². The monoisotopic (exact) mass is 473 g/mol. The second kappa shape index (κ2) is 9.59. The number of thiazole rings is 1. The number of tetrazole rings is 1. The molecule has 0 amide bonds. The van der Waals surface area contributed by atoms with Crippen molar-refractivity contribution in [2.75, 3.05) is 0 Å². The van der Waals surface area contributed by atoms with Gasteiger partial charge in [0, 0.05) is 22.6 Å². The smallest absolute Gasteiger partial charge is 0.357 e. The van der Waals surface area contributed by atoms with Crippen molar-refractivity contribution < 1.29 is 18.3 Å². The molecule has 3 aromatic heterocycles. The van der Waals surface area contributed by atoms with Gasteiger partial charge in [-0.05, 0) is 46.8 Å². The zero-order valence-electron chi connectivity index (χ0n) is 17.5. The van der Waals surface area contributed by atoms with Crippen molar-refractivity contribution in [1.82, 2.24) is 25.2 Å². The third-order valence-electron chi connectivity index (χ3n) is 4.76. The van der Waals surface area contributed by atoms with Crippen LogP contribution in [0.1, 0.15) is 11.5 Å². The van der Waals surface area contributed by atoms with E-state index in [4.69, 9.17) is 9.15 Å². The topological polar surface area (TPSA) is 95.9 Å². The van der Waals surface area contributed by atoms with E-state index in [1.807, 2.05) is 30.3 Å². The van der Waals surface area contributed by atoms with Crippen LogP contribution in [0, 0.1) is 5.82 Å². The Balaban J connectivity index is 1.39. The quantitative estimate of drug-likeness (QED) is 0.244. The second-order valence-electron chi connectivity index (χ2n) is 7.05. The molecule has 5 aromatic rings. The minimum Gasteiger partial charge on any atom is -0.465 e. The number of halogens is 1. The molecule has 0 bridgehead atoms. The van der Waals surface area contributed by atoms with Crippen LogP contribution in [0.5, 0.6) is 0 Å². The molecule has 168 valence electrons. The fraction of sp³-hybridized carbons (Fsp3) is 0.0417. The number of furan rings is 1. The number of carbonyl (C=O) groups excluding carboxylic acids is 1. The van der Waals surface area contributed by atoms with Crippen LogP contribution in [-0.2, 0) is 16.1 Å². The SMILES string of the molecule is O=C(OCc1csc(-c2ccc(F)cc2)n1)/C(=C\c1ccco1)n1nnnc1-c1ccccc1. The Labute approximate surface area is 197 Å². The van der Waals surface area contributed by atoms with Gasteiger partial charge >= 0.3 is 5.97 Å². The molecule has 0 fully saturated rings. The highest BCUT2D eigenvalue weighted by molar-refractivity contribution is 7.13. The molecule has 0 saturated heterocycles. The van der Waals surface area contributed by atoms with Gasteiger partial charge in [0.2, 0.25) is 0 Å². The molecule has 10 heteroatoms. The van der Waals surface area contributed by atoms with Crippen LogP contribution in [0.25, 0.3) is 33.7 Å². The maximum Gasteiger partial charge on any atom is 0.357 e. The van der Waals surface area contributed by atoms with Crippen molar-refractivity contribution in [3.63, 3.8) is 0 Å². The van der Waals surface area contributed by atoms with E-state index in [1.165, 1.54) is 40.5 Å². The average Bonchev–Trinajstić information content (AvgIpc) is 3.64. The van der Waals surface area contributed by atoms with Gasteiger partial charge in [0.15, 0.2) is 11.5 Å². The molecule has 0 radical (unpaired) electrons. The molecule has 0 saturated carbocycles. The van der Waals surface area contributed by atoms with E-state index in [0.717, 1.165) is 11.1 Å². The number of benzene rings is 2. The fourth-order valence-corrected chi connectivity index (χ4v) is 3.95. The predicted octanol–water partition coefficient (Wildman–Crippen LogP) is 4.94. The summed E-state index contributed by atoms with van der Waals surface area (Å²) in [5, 5.41) is 14.3. The van der Waals surface area contributed by atoms with Crippen molar-refractivity contribution in [2.45, 2.75) is 6.61 Å². The minimum atomic E-state index is -0.655. The van der Waals surface area contributed by atoms with Gasteiger partial charge in [-0.15, -0.1) is 16.4 Å². The molecule has 0 atom stereocenters. The third-order valence-corrected chi connectivity index (χ3v) is 5.70. The first kappa shape index (κ1) is 21.4. The summed E-state index contributed by atoms with van der Waals surface area (Å²) in [5.41, 5.74) is 2.15. The van der Waals surface area contributed by atoms with E-state index in [1.54, 1.807) is 29.6 Å². The van der Waals surface area contributed by atoms with Gasteiger partial charge in [-0.3, -0.25) is 0 Å². The lowest BCUT2D eigenvalue weighted by atomic mass is 10.2. The highest BCUT2D eigenvalue weighted by Gasteiger charge is 2.21. The summed E-state index contributed by atoms with van der Waals surface area (Å²) in [5.74, 6) is -0.156. The molecular formula is C24H16FN5O3S. The first-order valence-corrected chi connectivity index (χ1v) is 11.0. The number of hydrogen-bond donors (Lipinski definition) is 0. The van der Waals surface area contributed by atoms with Gasteiger partial charge < -0.3 is 9.15 Å². The van der Waals surface area contributed by atoms with Crippen LogP contribution in [0.15, 0.2) is 82.8 Å². The summed E-state index contributed by atoms with van der Waals surface area (Å²) in [6, 6.07) is 18.7.